The molecular formula is C18H19N3O4. The van der Waals surface area contributed by atoms with E-state index in [1.807, 2.05) is 0 Å². The van der Waals surface area contributed by atoms with E-state index >= 15 is 0 Å². The maximum absolute atomic E-state index is 12.0. The van der Waals surface area contributed by atoms with E-state index in [1.54, 1.807) is 60.5 Å². The van der Waals surface area contributed by atoms with E-state index in [1.165, 1.54) is 0 Å². The fraction of sp³-hybridized carbons (Fsp3) is 0.222. The van der Waals surface area contributed by atoms with E-state index in [4.69, 9.17) is 9.47 Å². The predicted octanol–water partition coefficient (Wildman–Crippen LogP) is 2.24. The Kier molecular flexibility index (Phi) is 5.03. The standard InChI is InChI=1S/C18H19N3O4/c1-24-15-6-8-16(9-7-15)25-12-17(22)20-13-2-4-14(5-3-13)21-11-10-19-18(21)23/h2-9H,10-12H2,1H3,(H,19,23)(H,20,22). The van der Waals surface area contributed by atoms with Crippen molar-refractivity contribution >= 4 is 23.3 Å². The van der Waals surface area contributed by atoms with Crippen LogP contribution in [0, 0.1) is 0 Å². The van der Waals surface area contributed by atoms with Crippen LogP contribution < -0.4 is 25.0 Å². The average Bonchev–Trinajstić information content (AvgIpc) is 3.07. The second-order valence-corrected chi connectivity index (χ2v) is 5.44. The molecule has 0 saturated carbocycles. The van der Waals surface area contributed by atoms with Crippen LogP contribution in [-0.2, 0) is 4.79 Å². The van der Waals surface area contributed by atoms with E-state index in [0.717, 1.165) is 11.4 Å². The molecule has 3 rings (SSSR count). The summed E-state index contributed by atoms with van der Waals surface area (Å²) in [6, 6.07) is 14.0. The maximum Gasteiger partial charge on any atom is 0.321 e. The Morgan fingerprint density at radius 3 is 2.40 bits per heavy atom. The van der Waals surface area contributed by atoms with Gasteiger partial charge in [0.2, 0.25) is 0 Å². The van der Waals surface area contributed by atoms with Crippen molar-refractivity contribution in [3.63, 3.8) is 0 Å². The summed E-state index contributed by atoms with van der Waals surface area (Å²) in [5.74, 6) is 1.05. The minimum Gasteiger partial charge on any atom is -0.497 e. The number of benzene rings is 2. The number of methoxy groups -OCH3 is 1. The molecule has 0 aromatic heterocycles. The molecule has 2 aromatic carbocycles. The molecule has 0 aliphatic carbocycles. The summed E-state index contributed by atoms with van der Waals surface area (Å²) >= 11 is 0. The first-order valence-electron chi connectivity index (χ1n) is 7.88. The van der Waals surface area contributed by atoms with E-state index in [-0.39, 0.29) is 18.5 Å². The van der Waals surface area contributed by atoms with Crippen LogP contribution in [0.3, 0.4) is 0 Å². The lowest BCUT2D eigenvalue weighted by Crippen LogP contribution is -2.27. The third-order valence-electron chi connectivity index (χ3n) is 3.75. The first-order chi connectivity index (χ1) is 12.2. The van der Waals surface area contributed by atoms with Gasteiger partial charge in [-0.05, 0) is 48.5 Å². The molecule has 1 fully saturated rings. The highest BCUT2D eigenvalue weighted by atomic mass is 16.5. The lowest BCUT2D eigenvalue weighted by atomic mass is 10.2. The number of carbonyl (C=O) groups is 2. The molecule has 1 saturated heterocycles. The van der Waals surface area contributed by atoms with E-state index in [2.05, 4.69) is 10.6 Å². The van der Waals surface area contributed by atoms with Gasteiger partial charge in [-0.2, -0.15) is 0 Å². The highest BCUT2D eigenvalue weighted by molar-refractivity contribution is 5.95. The Morgan fingerprint density at radius 1 is 1.12 bits per heavy atom. The molecule has 3 amide bonds. The summed E-state index contributed by atoms with van der Waals surface area (Å²) in [6.45, 7) is 1.18. The fourth-order valence-corrected chi connectivity index (χ4v) is 2.46. The van der Waals surface area contributed by atoms with Gasteiger partial charge < -0.3 is 20.1 Å². The van der Waals surface area contributed by atoms with Crippen LogP contribution in [0.4, 0.5) is 16.2 Å². The van der Waals surface area contributed by atoms with Crippen molar-refractivity contribution in [2.45, 2.75) is 0 Å². The van der Waals surface area contributed by atoms with Crippen molar-refractivity contribution in [1.29, 1.82) is 0 Å². The summed E-state index contributed by atoms with van der Waals surface area (Å²) in [7, 11) is 1.59. The number of hydrogen-bond acceptors (Lipinski definition) is 4. The summed E-state index contributed by atoms with van der Waals surface area (Å²) in [6.07, 6.45) is 0. The molecule has 0 unspecified atom stereocenters. The van der Waals surface area contributed by atoms with E-state index < -0.39 is 0 Å². The summed E-state index contributed by atoms with van der Waals surface area (Å²) in [5, 5.41) is 5.50. The molecule has 1 heterocycles. The molecule has 0 atom stereocenters. The van der Waals surface area contributed by atoms with Crippen LogP contribution in [0.15, 0.2) is 48.5 Å². The zero-order valence-electron chi connectivity index (χ0n) is 13.8. The molecule has 130 valence electrons. The lowest BCUT2D eigenvalue weighted by molar-refractivity contribution is -0.118. The van der Waals surface area contributed by atoms with Gasteiger partial charge in [0, 0.05) is 24.5 Å². The van der Waals surface area contributed by atoms with Gasteiger partial charge in [0.25, 0.3) is 5.91 Å². The largest absolute Gasteiger partial charge is 0.497 e. The molecular weight excluding hydrogens is 322 g/mol. The third-order valence-corrected chi connectivity index (χ3v) is 3.75. The molecule has 7 heteroatoms. The van der Waals surface area contributed by atoms with Crippen molar-refractivity contribution in [3.05, 3.63) is 48.5 Å². The zero-order chi connectivity index (χ0) is 17.6. The minimum absolute atomic E-state index is 0.0946. The first-order valence-corrected chi connectivity index (χ1v) is 7.88. The van der Waals surface area contributed by atoms with Crippen molar-refractivity contribution in [3.8, 4) is 11.5 Å². The molecule has 2 N–H and O–H groups in total. The number of hydrogen-bond donors (Lipinski definition) is 2. The number of nitrogens with one attached hydrogen (secondary N) is 2. The number of amides is 3. The van der Waals surface area contributed by atoms with Crippen LogP contribution in [0.2, 0.25) is 0 Å². The van der Waals surface area contributed by atoms with Gasteiger partial charge >= 0.3 is 6.03 Å². The smallest absolute Gasteiger partial charge is 0.321 e. The SMILES string of the molecule is COc1ccc(OCC(=O)Nc2ccc(N3CCNC3=O)cc2)cc1. The Hall–Kier alpha value is -3.22. The molecule has 2 aromatic rings. The van der Waals surface area contributed by atoms with Gasteiger partial charge in [-0.3, -0.25) is 9.69 Å². The summed E-state index contributed by atoms with van der Waals surface area (Å²) in [5.41, 5.74) is 1.44. The molecule has 0 radical (unpaired) electrons. The van der Waals surface area contributed by atoms with Gasteiger partial charge in [-0.25, -0.2) is 4.79 Å². The Morgan fingerprint density at radius 2 is 1.80 bits per heavy atom. The average molecular weight is 341 g/mol. The number of carbonyl (C=O) groups excluding carboxylic acids is 2. The number of ether oxygens (including phenoxy) is 2. The predicted molar refractivity (Wildman–Crippen MR) is 94.3 cm³/mol. The van der Waals surface area contributed by atoms with Crippen molar-refractivity contribution in [1.82, 2.24) is 5.32 Å². The number of rotatable bonds is 6. The Labute approximate surface area is 145 Å². The fourth-order valence-electron chi connectivity index (χ4n) is 2.46. The molecule has 25 heavy (non-hydrogen) atoms. The molecule has 0 spiro atoms. The molecule has 0 bridgehead atoms. The Balaban J connectivity index is 1.51. The van der Waals surface area contributed by atoms with Gasteiger partial charge in [0.1, 0.15) is 11.5 Å². The summed E-state index contributed by atoms with van der Waals surface area (Å²) < 4.78 is 10.5. The third kappa shape index (κ3) is 4.20. The van der Waals surface area contributed by atoms with Crippen molar-refractivity contribution < 1.29 is 19.1 Å². The van der Waals surface area contributed by atoms with Crippen LogP contribution >= 0.6 is 0 Å². The van der Waals surface area contributed by atoms with Crippen molar-refractivity contribution in [2.24, 2.45) is 0 Å². The number of nitrogens with zero attached hydrogens (tertiary/aromatic N) is 1. The molecule has 1 aliphatic rings. The minimum atomic E-state index is -0.262. The second-order valence-electron chi connectivity index (χ2n) is 5.44. The maximum atomic E-state index is 12.0. The van der Waals surface area contributed by atoms with Gasteiger partial charge in [-0.1, -0.05) is 0 Å². The summed E-state index contributed by atoms with van der Waals surface area (Å²) in [4.78, 5) is 25.2. The van der Waals surface area contributed by atoms with Crippen LogP contribution in [0.1, 0.15) is 0 Å². The molecule has 7 nitrogen and oxygen atoms in total. The zero-order valence-corrected chi connectivity index (χ0v) is 13.8. The normalized spacial score (nSPS) is 13.3. The van der Waals surface area contributed by atoms with Crippen LogP contribution in [0.5, 0.6) is 11.5 Å². The van der Waals surface area contributed by atoms with Crippen LogP contribution in [-0.4, -0.2) is 38.7 Å². The monoisotopic (exact) mass is 341 g/mol. The van der Waals surface area contributed by atoms with E-state index in [0.29, 0.717) is 24.5 Å². The number of anilines is 2. The van der Waals surface area contributed by atoms with Crippen LogP contribution in [0.25, 0.3) is 0 Å². The van der Waals surface area contributed by atoms with Gasteiger partial charge in [0.15, 0.2) is 6.61 Å². The highest BCUT2D eigenvalue weighted by Crippen LogP contribution is 2.20. The Bertz CT molecular complexity index is 744. The van der Waals surface area contributed by atoms with Gasteiger partial charge in [0.05, 0.1) is 7.11 Å². The second kappa shape index (κ2) is 7.57. The highest BCUT2D eigenvalue weighted by Gasteiger charge is 2.20. The topological polar surface area (TPSA) is 79.9 Å². The quantitative estimate of drug-likeness (QED) is 0.844. The lowest BCUT2D eigenvalue weighted by Gasteiger charge is -2.14. The number of urea groups is 1. The van der Waals surface area contributed by atoms with E-state index in [9.17, 15) is 9.59 Å². The first kappa shape index (κ1) is 16.6. The van der Waals surface area contributed by atoms with Gasteiger partial charge in [-0.15, -0.1) is 0 Å². The molecule has 1 aliphatic heterocycles. The van der Waals surface area contributed by atoms with Crippen molar-refractivity contribution in [2.75, 3.05) is 37.0 Å².